The van der Waals surface area contributed by atoms with Crippen LogP contribution in [0.4, 0.5) is 4.39 Å². The summed E-state index contributed by atoms with van der Waals surface area (Å²) in [5, 5.41) is 2.61. The van der Waals surface area contributed by atoms with Gasteiger partial charge in [0, 0.05) is 10.3 Å². The molecule has 2 aromatic carbocycles. The predicted molar refractivity (Wildman–Crippen MR) is 127 cm³/mol. The monoisotopic (exact) mass is 503 g/mol. The first-order valence-corrected chi connectivity index (χ1v) is 12.7. The lowest BCUT2D eigenvalue weighted by Crippen LogP contribution is -2.52. The van der Waals surface area contributed by atoms with Gasteiger partial charge in [-0.15, -0.1) is 9.24 Å². The van der Waals surface area contributed by atoms with Crippen molar-refractivity contribution in [3.05, 3.63) is 52.8 Å². The molecule has 3 rings (SSSR count). The van der Waals surface area contributed by atoms with Gasteiger partial charge in [-0.25, -0.2) is 12.8 Å². The number of hydrogen-bond acceptors (Lipinski definition) is 6. The Balaban J connectivity index is 0.00000176. The van der Waals surface area contributed by atoms with Crippen LogP contribution >= 0.6 is 20.8 Å². The second-order valence-corrected chi connectivity index (χ2v) is 9.99. The van der Waals surface area contributed by atoms with E-state index in [4.69, 9.17) is 21.1 Å². The average Bonchev–Trinajstić information content (AvgIpc) is 2.80. The summed E-state index contributed by atoms with van der Waals surface area (Å²) in [5.74, 6) is -1.06. The molecule has 2 unspecified atom stereocenters. The number of benzene rings is 2. The molecule has 1 aliphatic heterocycles. The van der Waals surface area contributed by atoms with Gasteiger partial charge in [0.25, 0.3) is 0 Å². The van der Waals surface area contributed by atoms with Crippen LogP contribution < -0.4 is 15.4 Å². The normalized spacial score (nSPS) is 18.5. The Morgan fingerprint density at radius 1 is 1.28 bits per heavy atom. The molecule has 6 nitrogen and oxygen atoms in total. The van der Waals surface area contributed by atoms with E-state index >= 15 is 0 Å². The molecule has 0 bridgehead atoms. The zero-order chi connectivity index (χ0) is 24.1. The quantitative estimate of drug-likeness (QED) is 0.477. The number of halogens is 2. The van der Waals surface area contributed by atoms with E-state index in [2.05, 4.69) is 14.6 Å². The van der Waals surface area contributed by atoms with E-state index in [9.17, 15) is 17.6 Å². The minimum absolute atomic E-state index is 0.00349. The van der Waals surface area contributed by atoms with Crippen molar-refractivity contribution in [2.24, 2.45) is 0 Å². The van der Waals surface area contributed by atoms with Gasteiger partial charge in [-0.05, 0) is 42.8 Å². The molecule has 1 aliphatic rings. The van der Waals surface area contributed by atoms with Crippen LogP contribution in [-0.2, 0) is 19.4 Å². The van der Waals surface area contributed by atoms with Crippen molar-refractivity contribution in [2.45, 2.75) is 49.4 Å². The molecule has 10 heteroatoms. The van der Waals surface area contributed by atoms with Crippen molar-refractivity contribution in [2.75, 3.05) is 13.7 Å². The number of fused-ring (bicyclic) bond motifs is 1. The number of esters is 1. The zero-order valence-corrected chi connectivity index (χ0v) is 21.1. The van der Waals surface area contributed by atoms with Crippen molar-refractivity contribution >= 4 is 42.0 Å². The van der Waals surface area contributed by atoms with Crippen LogP contribution in [0.3, 0.4) is 0 Å². The fraction of sp³-hybridized carbons (Fsp3) is 0.409. The maximum absolute atomic E-state index is 14.9. The minimum Gasteiger partial charge on any atom is -0.491 e. The lowest BCUT2D eigenvalue weighted by molar-refractivity contribution is -0.143. The van der Waals surface area contributed by atoms with Gasteiger partial charge in [0.05, 0.1) is 23.6 Å². The molecular weight excluding hydrogens is 476 g/mol. The Hall–Kier alpha value is -1.73. The predicted octanol–water partition coefficient (Wildman–Crippen LogP) is 3.82. The van der Waals surface area contributed by atoms with E-state index in [1.165, 1.54) is 43.5 Å². The van der Waals surface area contributed by atoms with E-state index < -0.39 is 39.0 Å². The Morgan fingerprint density at radius 2 is 1.91 bits per heavy atom. The first-order valence-electron chi connectivity index (χ1n) is 10.2. The molecule has 0 saturated heterocycles. The first-order chi connectivity index (χ1) is 15.2. The maximum atomic E-state index is 14.9. The summed E-state index contributed by atoms with van der Waals surface area (Å²) in [4.78, 5) is 12.1. The highest BCUT2D eigenvalue weighted by atomic mass is 35.5. The standard InChI is InChI=1S/C20H22ClFNO5PS.C2H6/c1-3-14(20(24)27-2)23-15-10-28-18-16(29)9-8-13(22)17(18)19(15)30(25,26)12-6-4-11(21)5-7-12;1-2/h4-9,14-15,19,23H,3,10,29H2,1-2H3;1-2H3/t14-,15-,19?;/m0./s1. The molecule has 0 aromatic heterocycles. The Kier molecular flexibility index (Phi) is 9.46. The molecule has 176 valence electrons. The highest BCUT2D eigenvalue weighted by Gasteiger charge is 2.44. The highest BCUT2D eigenvalue weighted by molar-refractivity contribution is 7.91. The number of carbonyl (C=O) groups is 1. The fourth-order valence-electron chi connectivity index (χ4n) is 3.51. The molecule has 0 saturated carbocycles. The van der Waals surface area contributed by atoms with Crippen LogP contribution in [0.2, 0.25) is 5.02 Å². The molecule has 1 N–H and O–H groups in total. The van der Waals surface area contributed by atoms with Crippen LogP contribution in [0.5, 0.6) is 5.75 Å². The summed E-state index contributed by atoms with van der Waals surface area (Å²) in [7, 11) is -0.395. The molecule has 2 aromatic rings. The Bertz CT molecular complexity index is 1050. The van der Waals surface area contributed by atoms with Gasteiger partial charge in [0.1, 0.15) is 29.5 Å². The van der Waals surface area contributed by atoms with Gasteiger partial charge in [-0.2, -0.15) is 0 Å². The minimum atomic E-state index is -4.07. The summed E-state index contributed by atoms with van der Waals surface area (Å²) in [5.41, 5.74) is -0.0686. The number of sulfone groups is 1. The summed E-state index contributed by atoms with van der Waals surface area (Å²) in [6.45, 7) is 5.69. The van der Waals surface area contributed by atoms with Gasteiger partial charge in [0.15, 0.2) is 9.84 Å². The van der Waals surface area contributed by atoms with Crippen LogP contribution in [0.1, 0.15) is 38.0 Å². The SMILES string of the molecule is CC.CC[C@H](N[C@H]1COc2c(P)ccc(F)c2C1S(=O)(=O)c1ccc(Cl)cc1)C(=O)OC. The Morgan fingerprint density at radius 3 is 2.47 bits per heavy atom. The topological polar surface area (TPSA) is 81.7 Å². The van der Waals surface area contributed by atoms with Crippen molar-refractivity contribution < 1.29 is 27.1 Å². The third-order valence-electron chi connectivity index (χ3n) is 5.02. The van der Waals surface area contributed by atoms with E-state index in [1.807, 2.05) is 13.8 Å². The number of rotatable bonds is 6. The van der Waals surface area contributed by atoms with Gasteiger partial charge >= 0.3 is 5.97 Å². The van der Waals surface area contributed by atoms with Crippen molar-refractivity contribution in [1.82, 2.24) is 5.32 Å². The number of hydrogen-bond donors (Lipinski definition) is 1. The summed E-state index contributed by atoms with van der Waals surface area (Å²) in [6.07, 6.45) is 0.357. The van der Waals surface area contributed by atoms with Crippen LogP contribution in [0, 0.1) is 5.82 Å². The molecule has 1 heterocycles. The molecule has 0 amide bonds. The highest BCUT2D eigenvalue weighted by Crippen LogP contribution is 2.42. The molecular formula is C22H28ClFNO5PS. The van der Waals surface area contributed by atoms with E-state index in [0.29, 0.717) is 16.7 Å². The molecule has 32 heavy (non-hydrogen) atoms. The zero-order valence-electron chi connectivity index (χ0n) is 18.4. The first kappa shape index (κ1) is 26.5. The second-order valence-electron chi connectivity index (χ2n) is 6.87. The summed E-state index contributed by atoms with van der Waals surface area (Å²) >= 11 is 5.90. The largest absolute Gasteiger partial charge is 0.491 e. The average molecular weight is 504 g/mol. The number of methoxy groups -OCH3 is 1. The van der Waals surface area contributed by atoms with E-state index in [1.54, 1.807) is 6.92 Å². The number of ether oxygens (including phenoxy) is 2. The maximum Gasteiger partial charge on any atom is 0.322 e. The molecule has 0 fully saturated rings. The van der Waals surface area contributed by atoms with Crippen LogP contribution in [0.15, 0.2) is 41.3 Å². The molecule has 0 spiro atoms. The second kappa shape index (κ2) is 11.4. The van der Waals surface area contributed by atoms with Gasteiger partial charge < -0.3 is 9.47 Å². The van der Waals surface area contributed by atoms with Crippen molar-refractivity contribution in [3.63, 3.8) is 0 Å². The van der Waals surface area contributed by atoms with Gasteiger partial charge in [-0.3, -0.25) is 10.1 Å². The number of carbonyl (C=O) groups excluding carboxylic acids is 1. The molecule has 0 radical (unpaired) electrons. The lowest BCUT2D eigenvalue weighted by Gasteiger charge is -2.36. The molecule has 4 atom stereocenters. The Labute approximate surface area is 196 Å². The van der Waals surface area contributed by atoms with Crippen molar-refractivity contribution in [1.29, 1.82) is 0 Å². The van der Waals surface area contributed by atoms with Crippen molar-refractivity contribution in [3.8, 4) is 5.75 Å². The summed E-state index contributed by atoms with van der Waals surface area (Å²) < 4.78 is 52.7. The number of nitrogens with one attached hydrogen (secondary N) is 1. The van der Waals surface area contributed by atoms with E-state index in [-0.39, 0.29) is 22.8 Å². The third kappa shape index (κ3) is 5.42. The molecule has 0 aliphatic carbocycles. The van der Waals surface area contributed by atoms with Gasteiger partial charge in [0.2, 0.25) is 0 Å². The van der Waals surface area contributed by atoms with Gasteiger partial charge in [-0.1, -0.05) is 32.4 Å². The fourth-order valence-corrected chi connectivity index (χ4v) is 5.90. The lowest BCUT2D eigenvalue weighted by atomic mass is 10.00. The third-order valence-corrected chi connectivity index (χ3v) is 7.88. The van der Waals surface area contributed by atoms with E-state index in [0.717, 1.165) is 0 Å². The summed E-state index contributed by atoms with van der Waals surface area (Å²) in [6, 6.07) is 6.73. The smallest absolute Gasteiger partial charge is 0.322 e. The van der Waals surface area contributed by atoms with Crippen LogP contribution in [-0.4, -0.2) is 40.2 Å². The van der Waals surface area contributed by atoms with Crippen LogP contribution in [0.25, 0.3) is 0 Å².